The maximum atomic E-state index is 11.1. The molecule has 1 atom stereocenters. The first-order valence-electron chi connectivity index (χ1n) is 8.68. The van der Waals surface area contributed by atoms with Crippen molar-refractivity contribution in [3.05, 3.63) is 54.2 Å². The van der Waals surface area contributed by atoms with Crippen LogP contribution in [0.25, 0.3) is 11.3 Å². The number of amides is 1. The van der Waals surface area contributed by atoms with E-state index in [0.29, 0.717) is 5.92 Å². The number of nitrogens with one attached hydrogen (secondary N) is 1. The van der Waals surface area contributed by atoms with Gasteiger partial charge in [-0.1, -0.05) is 30.3 Å². The number of carbonyl (C=O) groups excluding carboxylic acids is 1. The predicted molar refractivity (Wildman–Crippen MR) is 96.4 cm³/mol. The topological polar surface area (TPSA) is 45.2 Å². The summed E-state index contributed by atoms with van der Waals surface area (Å²) < 4.78 is 0. The van der Waals surface area contributed by atoms with Gasteiger partial charge in [-0.2, -0.15) is 0 Å². The third-order valence-electron chi connectivity index (χ3n) is 4.56. The lowest BCUT2D eigenvalue weighted by Gasteiger charge is -2.32. The summed E-state index contributed by atoms with van der Waals surface area (Å²) in [5.41, 5.74) is 3.49. The summed E-state index contributed by atoms with van der Waals surface area (Å²) in [7, 11) is 0. The summed E-state index contributed by atoms with van der Waals surface area (Å²) in [5.74, 6) is 0.632. The number of rotatable bonds is 5. The molecule has 126 valence electrons. The van der Waals surface area contributed by atoms with Crippen LogP contribution >= 0.6 is 0 Å². The second-order valence-corrected chi connectivity index (χ2v) is 6.59. The molecule has 0 radical (unpaired) electrons. The van der Waals surface area contributed by atoms with Crippen LogP contribution in [0, 0.1) is 5.92 Å². The summed E-state index contributed by atoms with van der Waals surface area (Å²) in [6.07, 6.45) is 4.23. The SMILES string of the molecule is CC(=O)NCC1CCCN(Cc2ccc(-c3ccccn3)cc2)C1. The Balaban J connectivity index is 1.56. The van der Waals surface area contributed by atoms with Gasteiger partial charge < -0.3 is 5.32 Å². The number of aromatic nitrogens is 1. The largest absolute Gasteiger partial charge is 0.356 e. The number of likely N-dealkylation sites (tertiary alicyclic amines) is 1. The number of nitrogens with zero attached hydrogens (tertiary/aromatic N) is 2. The average Bonchev–Trinajstić information content (AvgIpc) is 2.62. The van der Waals surface area contributed by atoms with E-state index >= 15 is 0 Å². The molecule has 1 amide bonds. The normalized spacial score (nSPS) is 18.3. The predicted octanol–water partition coefficient (Wildman–Crippen LogP) is 3.10. The molecule has 1 aliphatic rings. The van der Waals surface area contributed by atoms with Crippen LogP contribution in [-0.2, 0) is 11.3 Å². The first-order valence-corrected chi connectivity index (χ1v) is 8.68. The van der Waals surface area contributed by atoms with Gasteiger partial charge in [-0.3, -0.25) is 14.7 Å². The Morgan fingerprint density at radius 3 is 2.79 bits per heavy atom. The van der Waals surface area contributed by atoms with Gasteiger partial charge in [0, 0.05) is 38.3 Å². The highest BCUT2D eigenvalue weighted by molar-refractivity contribution is 5.72. The van der Waals surface area contributed by atoms with E-state index in [9.17, 15) is 4.79 Å². The second kappa shape index (κ2) is 8.06. The molecule has 4 heteroatoms. The zero-order valence-corrected chi connectivity index (χ0v) is 14.2. The van der Waals surface area contributed by atoms with Gasteiger partial charge in [-0.15, -0.1) is 0 Å². The molecule has 1 fully saturated rings. The fourth-order valence-corrected chi connectivity index (χ4v) is 3.32. The summed E-state index contributed by atoms with van der Waals surface area (Å²) >= 11 is 0. The van der Waals surface area contributed by atoms with Crippen molar-refractivity contribution < 1.29 is 4.79 Å². The third-order valence-corrected chi connectivity index (χ3v) is 4.56. The molecular formula is C20H25N3O. The number of hydrogen-bond acceptors (Lipinski definition) is 3. The van der Waals surface area contributed by atoms with E-state index < -0.39 is 0 Å². The molecule has 3 rings (SSSR count). The molecule has 0 spiro atoms. The van der Waals surface area contributed by atoms with Crippen molar-refractivity contribution in [1.82, 2.24) is 15.2 Å². The fourth-order valence-electron chi connectivity index (χ4n) is 3.32. The fraction of sp³-hybridized carbons (Fsp3) is 0.400. The third kappa shape index (κ3) is 4.65. The summed E-state index contributed by atoms with van der Waals surface area (Å²) in [6.45, 7) is 5.55. The van der Waals surface area contributed by atoms with Gasteiger partial charge >= 0.3 is 0 Å². The zero-order chi connectivity index (χ0) is 16.8. The van der Waals surface area contributed by atoms with Crippen LogP contribution < -0.4 is 5.32 Å². The lowest BCUT2D eigenvalue weighted by atomic mass is 9.97. The van der Waals surface area contributed by atoms with Crippen molar-refractivity contribution in [3.63, 3.8) is 0 Å². The Bertz CT molecular complexity index is 654. The van der Waals surface area contributed by atoms with Gasteiger partial charge in [0.15, 0.2) is 0 Å². The molecule has 1 aromatic heterocycles. The van der Waals surface area contributed by atoms with Crippen LogP contribution in [0.4, 0.5) is 0 Å². The van der Waals surface area contributed by atoms with Crippen LogP contribution in [0.15, 0.2) is 48.7 Å². The molecule has 0 aliphatic carbocycles. The van der Waals surface area contributed by atoms with E-state index in [1.54, 1.807) is 6.92 Å². The van der Waals surface area contributed by atoms with Gasteiger partial charge in [0.05, 0.1) is 5.69 Å². The quantitative estimate of drug-likeness (QED) is 0.919. The minimum Gasteiger partial charge on any atom is -0.356 e. The highest BCUT2D eigenvalue weighted by Gasteiger charge is 2.20. The lowest BCUT2D eigenvalue weighted by Crippen LogP contribution is -2.40. The molecule has 1 aromatic carbocycles. The number of benzene rings is 1. The van der Waals surface area contributed by atoms with E-state index in [2.05, 4.69) is 39.5 Å². The van der Waals surface area contributed by atoms with Crippen molar-refractivity contribution in [2.45, 2.75) is 26.3 Å². The Morgan fingerprint density at radius 1 is 1.25 bits per heavy atom. The number of carbonyl (C=O) groups is 1. The van der Waals surface area contributed by atoms with E-state index in [4.69, 9.17) is 0 Å². The molecule has 1 N–H and O–H groups in total. The highest BCUT2D eigenvalue weighted by Crippen LogP contribution is 2.20. The molecule has 0 saturated carbocycles. The minimum absolute atomic E-state index is 0.0669. The Labute approximate surface area is 143 Å². The van der Waals surface area contributed by atoms with Crippen molar-refractivity contribution in [1.29, 1.82) is 0 Å². The number of pyridine rings is 1. The molecule has 1 unspecified atom stereocenters. The maximum absolute atomic E-state index is 11.1. The first-order chi connectivity index (χ1) is 11.7. The molecule has 2 heterocycles. The van der Waals surface area contributed by atoms with Crippen molar-refractivity contribution in [2.24, 2.45) is 5.92 Å². The molecule has 2 aromatic rings. The summed E-state index contributed by atoms with van der Waals surface area (Å²) in [4.78, 5) is 18.0. The highest BCUT2D eigenvalue weighted by atomic mass is 16.1. The summed E-state index contributed by atoms with van der Waals surface area (Å²) in [5, 5.41) is 2.95. The number of piperidine rings is 1. The summed E-state index contributed by atoms with van der Waals surface area (Å²) in [6, 6.07) is 14.7. The molecular weight excluding hydrogens is 298 g/mol. The Hall–Kier alpha value is -2.20. The van der Waals surface area contributed by atoms with Crippen molar-refractivity contribution in [2.75, 3.05) is 19.6 Å². The lowest BCUT2D eigenvalue weighted by molar-refractivity contribution is -0.119. The Morgan fingerprint density at radius 2 is 2.08 bits per heavy atom. The van der Waals surface area contributed by atoms with Crippen molar-refractivity contribution in [3.8, 4) is 11.3 Å². The van der Waals surface area contributed by atoms with E-state index in [-0.39, 0.29) is 5.91 Å². The number of hydrogen-bond donors (Lipinski definition) is 1. The van der Waals surface area contributed by atoms with Gasteiger partial charge in [0.2, 0.25) is 5.91 Å². The second-order valence-electron chi connectivity index (χ2n) is 6.59. The smallest absolute Gasteiger partial charge is 0.216 e. The zero-order valence-electron chi connectivity index (χ0n) is 14.2. The minimum atomic E-state index is 0.0669. The maximum Gasteiger partial charge on any atom is 0.216 e. The van der Waals surface area contributed by atoms with Crippen molar-refractivity contribution >= 4 is 5.91 Å². The van der Waals surface area contributed by atoms with Gasteiger partial charge in [-0.05, 0) is 43.0 Å². The monoisotopic (exact) mass is 323 g/mol. The van der Waals surface area contributed by atoms with Crippen LogP contribution in [0.3, 0.4) is 0 Å². The molecule has 0 bridgehead atoms. The van der Waals surface area contributed by atoms with E-state index in [1.165, 1.54) is 18.4 Å². The molecule has 24 heavy (non-hydrogen) atoms. The van der Waals surface area contributed by atoms with Crippen LogP contribution in [0.2, 0.25) is 0 Å². The molecule has 4 nitrogen and oxygen atoms in total. The van der Waals surface area contributed by atoms with Gasteiger partial charge in [-0.25, -0.2) is 0 Å². The average molecular weight is 323 g/mol. The standard InChI is InChI=1S/C20H25N3O/c1-16(24)22-13-18-5-4-12-23(15-18)14-17-7-9-19(10-8-17)20-6-2-3-11-21-20/h2-3,6-11,18H,4-5,12-15H2,1H3,(H,22,24). The first kappa shape index (κ1) is 16.7. The molecule has 1 saturated heterocycles. The van der Waals surface area contributed by atoms with Gasteiger partial charge in [0.1, 0.15) is 0 Å². The van der Waals surface area contributed by atoms with Crippen LogP contribution in [0.5, 0.6) is 0 Å². The van der Waals surface area contributed by atoms with Gasteiger partial charge in [0.25, 0.3) is 0 Å². The Kier molecular flexibility index (Phi) is 5.59. The molecule has 1 aliphatic heterocycles. The van der Waals surface area contributed by atoms with E-state index in [0.717, 1.165) is 37.4 Å². The van der Waals surface area contributed by atoms with Crippen LogP contribution in [0.1, 0.15) is 25.3 Å². The van der Waals surface area contributed by atoms with Crippen LogP contribution in [-0.4, -0.2) is 35.4 Å². The van der Waals surface area contributed by atoms with E-state index in [1.807, 2.05) is 24.4 Å².